The lowest BCUT2D eigenvalue weighted by Gasteiger charge is -2.41. The van der Waals surface area contributed by atoms with Crippen molar-refractivity contribution in [3.05, 3.63) is 0 Å². The monoisotopic (exact) mass is 269 g/mol. The smallest absolute Gasteiger partial charge is 0.0685 e. The molecule has 2 rings (SSSR count). The first-order valence-electron chi connectivity index (χ1n) is 8.25. The molecule has 1 saturated heterocycles. The molecule has 19 heavy (non-hydrogen) atoms. The second-order valence-corrected chi connectivity index (χ2v) is 6.21. The van der Waals surface area contributed by atoms with E-state index in [0.29, 0.717) is 6.04 Å². The summed E-state index contributed by atoms with van der Waals surface area (Å²) in [5, 5.41) is 3.70. The van der Waals surface area contributed by atoms with E-state index in [1.807, 2.05) is 0 Å². The lowest BCUT2D eigenvalue weighted by atomic mass is 9.80. The molecule has 1 spiro atoms. The summed E-state index contributed by atoms with van der Waals surface area (Å²) in [6, 6.07) is 0.515. The van der Waals surface area contributed by atoms with E-state index < -0.39 is 0 Å². The Labute approximate surface area is 118 Å². The average Bonchev–Trinajstić information content (AvgIpc) is 2.87. The first-order valence-corrected chi connectivity index (χ1v) is 8.25. The van der Waals surface area contributed by atoms with Crippen molar-refractivity contribution in [1.82, 2.24) is 5.32 Å². The Bertz CT molecular complexity index is 243. The van der Waals surface area contributed by atoms with Crippen molar-refractivity contribution in [2.75, 3.05) is 26.4 Å². The zero-order valence-electron chi connectivity index (χ0n) is 12.7. The van der Waals surface area contributed by atoms with Gasteiger partial charge < -0.3 is 14.8 Å². The first-order chi connectivity index (χ1) is 9.29. The number of nitrogens with one attached hydrogen (secondary N) is 1. The van der Waals surface area contributed by atoms with Crippen LogP contribution in [0.2, 0.25) is 0 Å². The van der Waals surface area contributed by atoms with Crippen LogP contribution in [-0.2, 0) is 9.47 Å². The predicted octanol–water partition coefficient (Wildman–Crippen LogP) is 3.13. The van der Waals surface area contributed by atoms with Gasteiger partial charge in [0.25, 0.3) is 0 Å². The van der Waals surface area contributed by atoms with Crippen LogP contribution in [0.4, 0.5) is 0 Å². The molecule has 2 fully saturated rings. The number of hydrogen-bond acceptors (Lipinski definition) is 3. The minimum Gasteiger partial charge on any atom is -0.380 e. The van der Waals surface area contributed by atoms with Gasteiger partial charge in [-0.1, -0.05) is 19.8 Å². The van der Waals surface area contributed by atoms with Crippen LogP contribution in [0.25, 0.3) is 0 Å². The molecule has 2 unspecified atom stereocenters. The maximum absolute atomic E-state index is 6.15. The normalized spacial score (nSPS) is 27.8. The van der Waals surface area contributed by atoms with Crippen LogP contribution >= 0.6 is 0 Å². The van der Waals surface area contributed by atoms with Crippen molar-refractivity contribution in [3.8, 4) is 0 Å². The van der Waals surface area contributed by atoms with Gasteiger partial charge in [0.2, 0.25) is 0 Å². The SMILES string of the molecule is CCCNC(COCC)C1CCOC2(CCCC2)C1. The van der Waals surface area contributed by atoms with Crippen LogP contribution in [0.5, 0.6) is 0 Å². The third-order valence-electron chi connectivity index (χ3n) is 4.77. The highest BCUT2D eigenvalue weighted by molar-refractivity contribution is 4.94. The Hall–Kier alpha value is -0.120. The summed E-state index contributed by atoms with van der Waals surface area (Å²) in [6.45, 7) is 8.03. The minimum atomic E-state index is 0.223. The van der Waals surface area contributed by atoms with Gasteiger partial charge in [0.05, 0.1) is 12.2 Å². The van der Waals surface area contributed by atoms with Gasteiger partial charge in [-0.2, -0.15) is 0 Å². The van der Waals surface area contributed by atoms with Gasteiger partial charge in [-0.25, -0.2) is 0 Å². The molecule has 0 aromatic carbocycles. The summed E-state index contributed by atoms with van der Waals surface area (Å²) in [5.41, 5.74) is 0.223. The van der Waals surface area contributed by atoms with Crippen molar-refractivity contribution < 1.29 is 9.47 Å². The summed E-state index contributed by atoms with van der Waals surface area (Å²) >= 11 is 0. The topological polar surface area (TPSA) is 30.5 Å². The van der Waals surface area contributed by atoms with Crippen LogP contribution in [-0.4, -0.2) is 38.0 Å². The first kappa shape index (κ1) is 15.3. The fraction of sp³-hybridized carbons (Fsp3) is 1.00. The molecule has 0 bridgehead atoms. The Morgan fingerprint density at radius 3 is 2.79 bits per heavy atom. The van der Waals surface area contributed by atoms with E-state index in [1.165, 1.54) is 44.9 Å². The molecule has 112 valence electrons. The quantitative estimate of drug-likeness (QED) is 0.770. The van der Waals surface area contributed by atoms with E-state index in [-0.39, 0.29) is 5.60 Å². The molecule has 1 heterocycles. The highest BCUT2D eigenvalue weighted by Gasteiger charge is 2.41. The number of hydrogen-bond donors (Lipinski definition) is 1. The molecule has 2 aliphatic rings. The lowest BCUT2D eigenvalue weighted by molar-refractivity contribution is -0.102. The van der Waals surface area contributed by atoms with Crippen LogP contribution in [0, 0.1) is 5.92 Å². The van der Waals surface area contributed by atoms with Crippen molar-refractivity contribution in [2.24, 2.45) is 5.92 Å². The second kappa shape index (κ2) is 7.61. The largest absolute Gasteiger partial charge is 0.380 e. The molecule has 1 aliphatic heterocycles. The molecule has 2 atom stereocenters. The summed E-state index contributed by atoms with van der Waals surface area (Å²) < 4.78 is 11.8. The maximum Gasteiger partial charge on any atom is 0.0685 e. The molecule has 0 aromatic rings. The second-order valence-electron chi connectivity index (χ2n) is 6.21. The molecule has 0 amide bonds. The standard InChI is InChI=1S/C16H31NO2/c1-3-10-17-15(13-18-4-2)14-7-11-19-16(12-14)8-5-6-9-16/h14-15,17H,3-13H2,1-2H3. The summed E-state index contributed by atoms with van der Waals surface area (Å²) in [4.78, 5) is 0. The molecule has 1 N–H and O–H groups in total. The lowest BCUT2D eigenvalue weighted by Crippen LogP contribution is -2.48. The highest BCUT2D eigenvalue weighted by Crippen LogP contribution is 2.42. The van der Waals surface area contributed by atoms with Gasteiger partial charge >= 0.3 is 0 Å². The number of rotatable bonds is 7. The fourth-order valence-electron chi connectivity index (χ4n) is 3.71. The van der Waals surface area contributed by atoms with E-state index in [0.717, 1.165) is 32.3 Å². The predicted molar refractivity (Wildman–Crippen MR) is 78.4 cm³/mol. The molecule has 0 aromatic heterocycles. The molecular weight excluding hydrogens is 238 g/mol. The molecular formula is C16H31NO2. The van der Waals surface area contributed by atoms with Gasteiger partial charge in [-0.05, 0) is 51.5 Å². The van der Waals surface area contributed by atoms with E-state index in [2.05, 4.69) is 19.2 Å². The van der Waals surface area contributed by atoms with E-state index in [1.54, 1.807) is 0 Å². The third-order valence-corrected chi connectivity index (χ3v) is 4.77. The molecule has 3 nitrogen and oxygen atoms in total. The Kier molecular flexibility index (Phi) is 6.11. The Morgan fingerprint density at radius 2 is 2.11 bits per heavy atom. The summed E-state index contributed by atoms with van der Waals surface area (Å²) in [5.74, 6) is 0.727. The average molecular weight is 269 g/mol. The number of ether oxygens (including phenoxy) is 2. The highest BCUT2D eigenvalue weighted by atomic mass is 16.5. The zero-order chi connectivity index (χ0) is 13.6. The Balaban J connectivity index is 1.90. The van der Waals surface area contributed by atoms with Crippen molar-refractivity contribution in [2.45, 2.75) is 70.4 Å². The fourth-order valence-corrected chi connectivity index (χ4v) is 3.71. The maximum atomic E-state index is 6.15. The van der Waals surface area contributed by atoms with Crippen LogP contribution in [0.3, 0.4) is 0 Å². The van der Waals surface area contributed by atoms with Gasteiger partial charge in [-0.3, -0.25) is 0 Å². The van der Waals surface area contributed by atoms with Gasteiger partial charge in [0.15, 0.2) is 0 Å². The van der Waals surface area contributed by atoms with Gasteiger partial charge in [0, 0.05) is 19.3 Å². The van der Waals surface area contributed by atoms with Crippen molar-refractivity contribution in [3.63, 3.8) is 0 Å². The minimum absolute atomic E-state index is 0.223. The summed E-state index contributed by atoms with van der Waals surface area (Å²) in [7, 11) is 0. The van der Waals surface area contributed by atoms with E-state index in [4.69, 9.17) is 9.47 Å². The summed E-state index contributed by atoms with van der Waals surface area (Å²) in [6.07, 6.45) is 8.88. The van der Waals surface area contributed by atoms with Crippen LogP contribution < -0.4 is 5.32 Å². The van der Waals surface area contributed by atoms with E-state index in [9.17, 15) is 0 Å². The van der Waals surface area contributed by atoms with Gasteiger partial charge in [0.1, 0.15) is 0 Å². The zero-order valence-corrected chi connectivity index (χ0v) is 12.7. The molecule has 0 radical (unpaired) electrons. The van der Waals surface area contributed by atoms with Gasteiger partial charge in [-0.15, -0.1) is 0 Å². The van der Waals surface area contributed by atoms with Crippen LogP contribution in [0.15, 0.2) is 0 Å². The Morgan fingerprint density at radius 1 is 1.32 bits per heavy atom. The van der Waals surface area contributed by atoms with E-state index >= 15 is 0 Å². The van der Waals surface area contributed by atoms with Crippen molar-refractivity contribution >= 4 is 0 Å². The molecule has 1 saturated carbocycles. The third kappa shape index (κ3) is 4.17. The molecule has 1 aliphatic carbocycles. The van der Waals surface area contributed by atoms with Crippen molar-refractivity contribution in [1.29, 1.82) is 0 Å². The van der Waals surface area contributed by atoms with Crippen LogP contribution in [0.1, 0.15) is 58.8 Å². The molecule has 3 heteroatoms.